The Morgan fingerprint density at radius 3 is 2.67 bits per heavy atom. The van der Waals surface area contributed by atoms with Gasteiger partial charge in [0.15, 0.2) is 0 Å². The Bertz CT molecular complexity index is 407. The van der Waals surface area contributed by atoms with Crippen LogP contribution in [-0.2, 0) is 4.79 Å². The highest BCUT2D eigenvalue weighted by Gasteiger charge is 2.18. The van der Waals surface area contributed by atoms with Crippen LogP contribution in [0, 0.1) is 6.92 Å². The third kappa shape index (κ3) is 3.40. The monoisotopic (exact) mass is 250 g/mol. The molecule has 18 heavy (non-hydrogen) atoms. The van der Waals surface area contributed by atoms with Crippen molar-refractivity contribution in [2.75, 3.05) is 37.6 Å². The first-order valence-electron chi connectivity index (χ1n) is 6.13. The number of hydrogen-bond donors (Lipinski definition) is 1. The Labute approximate surface area is 106 Å². The maximum Gasteiger partial charge on any atom is 0.317 e. The number of carbonyl (C=O) groups is 1. The van der Waals surface area contributed by atoms with Crippen molar-refractivity contribution in [1.82, 2.24) is 14.9 Å². The Kier molecular flexibility index (Phi) is 4.09. The summed E-state index contributed by atoms with van der Waals surface area (Å²) in [5.41, 5.74) is 1.04. The predicted molar refractivity (Wildman–Crippen MR) is 67.7 cm³/mol. The van der Waals surface area contributed by atoms with Crippen molar-refractivity contribution in [1.29, 1.82) is 0 Å². The van der Waals surface area contributed by atoms with E-state index in [0.717, 1.165) is 44.1 Å². The molecule has 1 aromatic heterocycles. The minimum atomic E-state index is -0.768. The van der Waals surface area contributed by atoms with Gasteiger partial charge >= 0.3 is 5.97 Å². The van der Waals surface area contributed by atoms with Gasteiger partial charge in [-0.15, -0.1) is 0 Å². The van der Waals surface area contributed by atoms with Crippen molar-refractivity contribution in [3.05, 3.63) is 18.0 Å². The normalized spacial score (nSPS) is 17.5. The molecule has 6 heteroatoms. The van der Waals surface area contributed by atoms with Crippen molar-refractivity contribution >= 4 is 11.9 Å². The fourth-order valence-corrected chi connectivity index (χ4v) is 2.07. The molecule has 1 aliphatic rings. The van der Waals surface area contributed by atoms with E-state index in [2.05, 4.69) is 14.9 Å². The van der Waals surface area contributed by atoms with Gasteiger partial charge in [0, 0.05) is 38.6 Å². The number of aryl methyl sites for hydroxylation is 1. The molecule has 0 unspecified atom stereocenters. The van der Waals surface area contributed by atoms with E-state index in [4.69, 9.17) is 5.11 Å². The van der Waals surface area contributed by atoms with E-state index >= 15 is 0 Å². The second kappa shape index (κ2) is 5.77. The number of aliphatic carboxylic acids is 1. The van der Waals surface area contributed by atoms with Crippen LogP contribution in [0.2, 0.25) is 0 Å². The van der Waals surface area contributed by atoms with Gasteiger partial charge in [0.25, 0.3) is 0 Å². The summed E-state index contributed by atoms with van der Waals surface area (Å²) in [6, 6.07) is 0. The van der Waals surface area contributed by atoms with Gasteiger partial charge in [0.1, 0.15) is 0 Å². The molecule has 1 fully saturated rings. The molecular weight excluding hydrogens is 232 g/mol. The first kappa shape index (κ1) is 12.8. The largest absolute Gasteiger partial charge is 0.480 e. The molecule has 0 radical (unpaired) electrons. The van der Waals surface area contributed by atoms with Crippen LogP contribution in [0.3, 0.4) is 0 Å². The van der Waals surface area contributed by atoms with Crippen LogP contribution < -0.4 is 4.90 Å². The van der Waals surface area contributed by atoms with Crippen molar-refractivity contribution in [2.24, 2.45) is 0 Å². The van der Waals surface area contributed by atoms with Gasteiger partial charge in [0.05, 0.1) is 6.54 Å². The molecule has 6 nitrogen and oxygen atoms in total. The summed E-state index contributed by atoms with van der Waals surface area (Å²) in [7, 11) is 0. The summed E-state index contributed by atoms with van der Waals surface area (Å²) >= 11 is 0. The number of aromatic nitrogens is 2. The molecule has 0 spiro atoms. The molecule has 0 aromatic carbocycles. The van der Waals surface area contributed by atoms with Crippen molar-refractivity contribution in [3.8, 4) is 0 Å². The molecule has 2 rings (SSSR count). The van der Waals surface area contributed by atoms with Crippen LogP contribution >= 0.6 is 0 Å². The molecular formula is C12H18N4O2. The molecule has 1 N–H and O–H groups in total. The molecule has 0 atom stereocenters. The third-order valence-corrected chi connectivity index (χ3v) is 3.00. The lowest BCUT2D eigenvalue weighted by molar-refractivity contribution is -0.138. The highest BCUT2D eigenvalue weighted by molar-refractivity contribution is 5.69. The highest BCUT2D eigenvalue weighted by atomic mass is 16.4. The number of hydrogen-bond acceptors (Lipinski definition) is 5. The van der Waals surface area contributed by atoms with Gasteiger partial charge in [-0.3, -0.25) is 9.69 Å². The maximum atomic E-state index is 10.7. The lowest BCUT2D eigenvalue weighted by Crippen LogP contribution is -2.34. The average molecular weight is 250 g/mol. The molecule has 2 heterocycles. The van der Waals surface area contributed by atoms with E-state index < -0.39 is 5.97 Å². The van der Waals surface area contributed by atoms with Crippen LogP contribution in [0.15, 0.2) is 12.4 Å². The Hall–Kier alpha value is -1.69. The van der Waals surface area contributed by atoms with E-state index in [9.17, 15) is 4.79 Å². The number of carboxylic acid groups (broad SMARTS) is 1. The molecule has 1 saturated heterocycles. The minimum Gasteiger partial charge on any atom is -0.480 e. The first-order chi connectivity index (χ1) is 8.65. The van der Waals surface area contributed by atoms with Crippen LogP contribution in [0.25, 0.3) is 0 Å². The fraction of sp³-hybridized carbons (Fsp3) is 0.583. The number of rotatable bonds is 3. The van der Waals surface area contributed by atoms with Gasteiger partial charge < -0.3 is 10.0 Å². The zero-order valence-corrected chi connectivity index (χ0v) is 10.5. The maximum absolute atomic E-state index is 10.7. The Balaban J connectivity index is 1.96. The number of nitrogens with zero attached hydrogens (tertiary/aromatic N) is 4. The molecule has 0 bridgehead atoms. The molecule has 98 valence electrons. The van der Waals surface area contributed by atoms with Gasteiger partial charge in [-0.25, -0.2) is 9.97 Å². The van der Waals surface area contributed by atoms with Crippen LogP contribution in [0.1, 0.15) is 12.0 Å². The highest BCUT2D eigenvalue weighted by Crippen LogP contribution is 2.10. The summed E-state index contributed by atoms with van der Waals surface area (Å²) in [6.07, 6.45) is 4.55. The van der Waals surface area contributed by atoms with Crippen molar-refractivity contribution in [2.45, 2.75) is 13.3 Å². The van der Waals surface area contributed by atoms with Gasteiger partial charge in [-0.2, -0.15) is 0 Å². The van der Waals surface area contributed by atoms with E-state index in [1.54, 1.807) is 0 Å². The number of carboxylic acids is 1. The van der Waals surface area contributed by atoms with Crippen LogP contribution in [-0.4, -0.2) is 58.7 Å². The van der Waals surface area contributed by atoms with Crippen LogP contribution in [0.4, 0.5) is 5.95 Å². The van der Waals surface area contributed by atoms with E-state index in [1.807, 2.05) is 24.2 Å². The lowest BCUT2D eigenvalue weighted by Gasteiger charge is -2.20. The van der Waals surface area contributed by atoms with E-state index in [1.165, 1.54) is 0 Å². The summed E-state index contributed by atoms with van der Waals surface area (Å²) in [6.45, 7) is 5.27. The van der Waals surface area contributed by atoms with Crippen LogP contribution in [0.5, 0.6) is 0 Å². The van der Waals surface area contributed by atoms with E-state index in [-0.39, 0.29) is 6.54 Å². The Morgan fingerprint density at radius 1 is 1.28 bits per heavy atom. The molecule has 0 amide bonds. The smallest absolute Gasteiger partial charge is 0.317 e. The summed E-state index contributed by atoms with van der Waals surface area (Å²) in [4.78, 5) is 23.4. The van der Waals surface area contributed by atoms with Crippen molar-refractivity contribution < 1.29 is 9.90 Å². The minimum absolute atomic E-state index is 0.114. The summed E-state index contributed by atoms with van der Waals surface area (Å²) < 4.78 is 0. The standard InChI is InChI=1S/C12H18N4O2/c1-10-7-13-12(14-8-10)16-4-2-3-15(5-6-16)9-11(17)18/h7-8H,2-6,9H2,1H3,(H,17,18). The third-order valence-electron chi connectivity index (χ3n) is 3.00. The summed E-state index contributed by atoms with van der Waals surface area (Å²) in [5.74, 6) is -0.0344. The zero-order chi connectivity index (χ0) is 13.0. The lowest BCUT2D eigenvalue weighted by atomic mass is 10.4. The summed E-state index contributed by atoms with van der Waals surface area (Å²) in [5, 5.41) is 8.79. The molecule has 1 aromatic rings. The Morgan fingerprint density at radius 2 is 2.00 bits per heavy atom. The SMILES string of the molecule is Cc1cnc(N2CCCN(CC(=O)O)CC2)nc1. The number of anilines is 1. The molecule has 0 aliphatic carbocycles. The van der Waals surface area contributed by atoms with Gasteiger partial charge in [-0.05, 0) is 18.9 Å². The van der Waals surface area contributed by atoms with E-state index in [0.29, 0.717) is 0 Å². The molecule has 1 aliphatic heterocycles. The average Bonchev–Trinajstić information content (AvgIpc) is 2.55. The second-order valence-electron chi connectivity index (χ2n) is 4.57. The van der Waals surface area contributed by atoms with Gasteiger partial charge in [-0.1, -0.05) is 0 Å². The van der Waals surface area contributed by atoms with Crippen molar-refractivity contribution in [3.63, 3.8) is 0 Å². The second-order valence-corrected chi connectivity index (χ2v) is 4.57. The zero-order valence-electron chi connectivity index (χ0n) is 10.5. The first-order valence-corrected chi connectivity index (χ1v) is 6.13. The topological polar surface area (TPSA) is 69.6 Å². The quantitative estimate of drug-likeness (QED) is 0.836. The fourth-order valence-electron chi connectivity index (χ4n) is 2.07. The van der Waals surface area contributed by atoms with Gasteiger partial charge in [0.2, 0.25) is 5.95 Å². The molecule has 0 saturated carbocycles. The predicted octanol–water partition coefficient (Wildman–Crippen LogP) is 0.382.